The van der Waals surface area contributed by atoms with E-state index < -0.39 is 0 Å². The van der Waals surface area contributed by atoms with E-state index in [1.807, 2.05) is 42.6 Å². The molecule has 0 saturated heterocycles. The third kappa shape index (κ3) is 5.07. The molecular weight excluding hydrogens is 458 g/mol. The summed E-state index contributed by atoms with van der Waals surface area (Å²) in [6, 6.07) is 13.4. The molecule has 2 unspecified atom stereocenters. The van der Waals surface area contributed by atoms with Gasteiger partial charge >= 0.3 is 0 Å². The summed E-state index contributed by atoms with van der Waals surface area (Å²) in [5.41, 5.74) is 2.42. The smallest absolute Gasteiger partial charge is 0.265 e. The second-order valence-corrected chi connectivity index (χ2v) is 11.3. The van der Waals surface area contributed by atoms with Crippen LogP contribution in [0.1, 0.15) is 45.9 Å². The molecular formula is C24H23N3O2S3. The lowest BCUT2D eigenvalue weighted by Gasteiger charge is -2.17. The van der Waals surface area contributed by atoms with E-state index >= 15 is 0 Å². The summed E-state index contributed by atoms with van der Waals surface area (Å²) in [5.74, 6) is 0.331. The van der Waals surface area contributed by atoms with Gasteiger partial charge in [-0.05, 0) is 67.3 Å². The topological polar surface area (TPSA) is 82.0 Å². The number of fused-ring (bicyclic) bond motifs is 1. The van der Waals surface area contributed by atoms with E-state index in [2.05, 4.69) is 23.6 Å². The SMILES string of the molecule is CC1CCc2c(sc(NC(=O)C(C)Sc3cccc(NC(=O)c4cccs4)c3)c2C#N)C1. The number of nitrogens with zero attached hydrogens (tertiary/aromatic N) is 1. The van der Waals surface area contributed by atoms with Crippen molar-refractivity contribution in [3.63, 3.8) is 0 Å². The van der Waals surface area contributed by atoms with Gasteiger partial charge in [-0.15, -0.1) is 34.4 Å². The lowest BCUT2D eigenvalue weighted by molar-refractivity contribution is -0.115. The van der Waals surface area contributed by atoms with Crippen LogP contribution in [0.15, 0.2) is 46.7 Å². The minimum absolute atomic E-state index is 0.133. The average Bonchev–Trinajstić information content (AvgIpc) is 3.41. The summed E-state index contributed by atoms with van der Waals surface area (Å²) in [4.78, 5) is 27.9. The van der Waals surface area contributed by atoms with E-state index in [0.717, 1.165) is 29.7 Å². The van der Waals surface area contributed by atoms with Crippen molar-refractivity contribution >= 4 is 56.9 Å². The Morgan fingerprint density at radius 3 is 2.84 bits per heavy atom. The van der Waals surface area contributed by atoms with Crippen LogP contribution >= 0.6 is 34.4 Å². The molecule has 8 heteroatoms. The Balaban J connectivity index is 1.41. The lowest BCUT2D eigenvalue weighted by atomic mass is 9.89. The standard InChI is InChI=1S/C24H23N3O2S3/c1-14-8-9-18-19(13-25)24(32-21(18)11-14)27-22(28)15(2)31-17-6-3-5-16(12-17)26-23(29)20-7-4-10-30-20/h3-7,10,12,14-15H,8-9,11H2,1-2H3,(H,26,29)(H,27,28). The number of hydrogen-bond acceptors (Lipinski definition) is 6. The average molecular weight is 482 g/mol. The quantitative estimate of drug-likeness (QED) is 0.412. The molecule has 2 N–H and O–H groups in total. The van der Waals surface area contributed by atoms with Crippen LogP contribution in [0.2, 0.25) is 0 Å². The zero-order chi connectivity index (χ0) is 22.7. The Hall–Kier alpha value is -2.60. The zero-order valence-electron chi connectivity index (χ0n) is 17.8. The molecule has 1 aliphatic rings. The van der Waals surface area contributed by atoms with Gasteiger partial charge in [-0.3, -0.25) is 9.59 Å². The fourth-order valence-corrected chi connectivity index (χ4v) is 6.59. The first kappa shape index (κ1) is 22.6. The van der Waals surface area contributed by atoms with Gasteiger partial charge in [-0.25, -0.2) is 0 Å². The highest BCUT2D eigenvalue weighted by Gasteiger charge is 2.26. The van der Waals surface area contributed by atoms with E-state index in [9.17, 15) is 14.9 Å². The highest BCUT2D eigenvalue weighted by Crippen LogP contribution is 2.39. The minimum Gasteiger partial charge on any atom is -0.321 e. The first-order valence-electron chi connectivity index (χ1n) is 10.4. The summed E-state index contributed by atoms with van der Waals surface area (Å²) in [6.45, 7) is 4.07. The van der Waals surface area contributed by atoms with Crippen LogP contribution < -0.4 is 10.6 Å². The molecule has 0 spiro atoms. The maximum absolute atomic E-state index is 12.9. The molecule has 2 heterocycles. The number of hydrogen-bond donors (Lipinski definition) is 2. The molecule has 1 aliphatic carbocycles. The second-order valence-electron chi connectivity index (χ2n) is 7.88. The Bertz CT molecular complexity index is 1180. The maximum Gasteiger partial charge on any atom is 0.265 e. The number of carbonyl (C=O) groups is 2. The van der Waals surface area contributed by atoms with E-state index in [1.54, 1.807) is 17.4 Å². The lowest BCUT2D eigenvalue weighted by Crippen LogP contribution is -2.22. The van der Waals surface area contributed by atoms with Crippen molar-refractivity contribution in [2.45, 2.75) is 43.3 Å². The van der Waals surface area contributed by atoms with Crippen molar-refractivity contribution in [1.29, 1.82) is 5.26 Å². The van der Waals surface area contributed by atoms with Crippen molar-refractivity contribution in [2.75, 3.05) is 10.6 Å². The van der Waals surface area contributed by atoms with Gasteiger partial charge in [-0.2, -0.15) is 5.26 Å². The number of nitrogens with one attached hydrogen (secondary N) is 2. The summed E-state index contributed by atoms with van der Waals surface area (Å²) in [5, 5.41) is 17.7. The van der Waals surface area contributed by atoms with E-state index in [4.69, 9.17) is 0 Å². The molecule has 5 nitrogen and oxygen atoms in total. The number of thioether (sulfide) groups is 1. The number of thiophene rings is 2. The molecule has 2 aromatic heterocycles. The molecule has 3 aromatic rings. The van der Waals surface area contributed by atoms with Crippen LogP contribution in [0.25, 0.3) is 0 Å². The third-order valence-corrected chi connectivity index (χ3v) is 8.51. The number of amides is 2. The molecule has 2 amide bonds. The predicted molar refractivity (Wildman–Crippen MR) is 133 cm³/mol. The monoisotopic (exact) mass is 481 g/mol. The van der Waals surface area contributed by atoms with Crippen molar-refractivity contribution in [3.05, 3.63) is 62.7 Å². The maximum atomic E-state index is 12.9. The molecule has 0 bridgehead atoms. The molecule has 0 aliphatic heterocycles. The van der Waals surface area contributed by atoms with Gasteiger partial charge in [0.25, 0.3) is 5.91 Å². The Morgan fingerprint density at radius 1 is 1.25 bits per heavy atom. The van der Waals surface area contributed by atoms with E-state index in [-0.39, 0.29) is 17.1 Å². The van der Waals surface area contributed by atoms with Gasteiger partial charge in [-0.1, -0.05) is 19.1 Å². The van der Waals surface area contributed by atoms with Gasteiger partial charge < -0.3 is 10.6 Å². The molecule has 32 heavy (non-hydrogen) atoms. The fourth-order valence-electron chi connectivity index (χ4n) is 3.68. The van der Waals surface area contributed by atoms with Crippen LogP contribution in [0.5, 0.6) is 0 Å². The van der Waals surface area contributed by atoms with Gasteiger partial charge in [0, 0.05) is 15.5 Å². The minimum atomic E-state index is -0.358. The summed E-state index contributed by atoms with van der Waals surface area (Å²) in [6.07, 6.45) is 2.95. The largest absolute Gasteiger partial charge is 0.321 e. The number of anilines is 2. The van der Waals surface area contributed by atoms with Gasteiger partial charge in [0.05, 0.1) is 15.7 Å². The van der Waals surface area contributed by atoms with Crippen molar-refractivity contribution in [3.8, 4) is 6.07 Å². The number of benzene rings is 1. The molecule has 0 saturated carbocycles. The van der Waals surface area contributed by atoms with Crippen LogP contribution in [0, 0.1) is 17.2 Å². The highest BCUT2D eigenvalue weighted by molar-refractivity contribution is 8.00. The number of carbonyl (C=O) groups excluding carboxylic acids is 2. The van der Waals surface area contributed by atoms with E-state index in [0.29, 0.717) is 27.0 Å². The van der Waals surface area contributed by atoms with Gasteiger partial charge in [0.2, 0.25) is 5.91 Å². The number of rotatable bonds is 6. The van der Waals surface area contributed by atoms with Gasteiger partial charge in [0.15, 0.2) is 0 Å². The molecule has 164 valence electrons. The molecule has 2 atom stereocenters. The fraction of sp³-hybridized carbons (Fsp3) is 0.292. The second kappa shape index (κ2) is 9.90. The Labute approximate surface area is 199 Å². The van der Waals surface area contributed by atoms with Crippen LogP contribution in [0.4, 0.5) is 10.7 Å². The van der Waals surface area contributed by atoms with E-state index in [1.165, 1.54) is 28.0 Å². The molecule has 0 fully saturated rings. The first-order valence-corrected chi connectivity index (χ1v) is 13.0. The summed E-state index contributed by atoms with van der Waals surface area (Å²) >= 11 is 4.35. The highest BCUT2D eigenvalue weighted by atomic mass is 32.2. The molecule has 0 radical (unpaired) electrons. The first-order chi connectivity index (χ1) is 15.4. The predicted octanol–water partition coefficient (Wildman–Crippen LogP) is 6.18. The van der Waals surface area contributed by atoms with Crippen LogP contribution in [0.3, 0.4) is 0 Å². The summed E-state index contributed by atoms with van der Waals surface area (Å²) < 4.78 is 0. The van der Waals surface area contributed by atoms with Crippen molar-refractivity contribution < 1.29 is 9.59 Å². The third-order valence-electron chi connectivity index (χ3n) is 5.38. The van der Waals surface area contributed by atoms with Crippen molar-refractivity contribution in [2.24, 2.45) is 5.92 Å². The molecule has 1 aromatic carbocycles. The number of nitriles is 1. The Morgan fingerprint density at radius 2 is 2.09 bits per heavy atom. The zero-order valence-corrected chi connectivity index (χ0v) is 20.3. The van der Waals surface area contributed by atoms with Crippen LogP contribution in [-0.2, 0) is 17.6 Å². The van der Waals surface area contributed by atoms with Crippen LogP contribution in [-0.4, -0.2) is 17.1 Å². The van der Waals surface area contributed by atoms with Gasteiger partial charge in [0.1, 0.15) is 11.1 Å². The Kier molecular flexibility index (Phi) is 6.99. The normalized spacial score (nSPS) is 16.0. The van der Waals surface area contributed by atoms with Crippen molar-refractivity contribution in [1.82, 2.24) is 0 Å². The summed E-state index contributed by atoms with van der Waals surface area (Å²) in [7, 11) is 0. The molecule has 4 rings (SSSR count).